The number of methoxy groups -OCH3 is 2. The highest BCUT2D eigenvalue weighted by molar-refractivity contribution is 7.92. The van der Waals surface area contributed by atoms with Crippen molar-refractivity contribution in [2.75, 3.05) is 62.5 Å². The molecule has 1 amide bonds. The van der Waals surface area contributed by atoms with Crippen LogP contribution in [0, 0.1) is 10.1 Å². The van der Waals surface area contributed by atoms with Crippen LogP contribution in [0.5, 0.6) is 11.5 Å². The molecule has 194 valence electrons. The van der Waals surface area contributed by atoms with Crippen LogP contribution in [0.2, 0.25) is 0 Å². The number of nitro benzene ring substituents is 1. The van der Waals surface area contributed by atoms with Crippen LogP contribution in [0.25, 0.3) is 0 Å². The second-order valence-electron chi connectivity index (χ2n) is 7.70. The molecule has 13 nitrogen and oxygen atoms in total. The summed E-state index contributed by atoms with van der Waals surface area (Å²) in [4.78, 5) is 25.3. The first-order chi connectivity index (χ1) is 17.1. The standard InChI is InChI=1S/C22H27N5O8S/c1-33-20-7-5-17(13-21(20)34-2)26(36(3,31)32)15-22(28)24-23-14-16-12-18(27(29)30)4-6-19(16)25-8-10-35-11-9-25/h4-7,12-14H,8-11,15H2,1-3H3,(H,24,28)/b23-14-. The lowest BCUT2D eigenvalue weighted by molar-refractivity contribution is -0.384. The summed E-state index contributed by atoms with van der Waals surface area (Å²) >= 11 is 0. The predicted molar refractivity (Wildman–Crippen MR) is 134 cm³/mol. The van der Waals surface area contributed by atoms with Gasteiger partial charge in [-0.1, -0.05) is 0 Å². The highest BCUT2D eigenvalue weighted by atomic mass is 32.2. The molecule has 0 radical (unpaired) electrons. The Bertz CT molecular complexity index is 1240. The molecule has 1 heterocycles. The Labute approximate surface area is 208 Å². The monoisotopic (exact) mass is 521 g/mol. The van der Waals surface area contributed by atoms with Crippen LogP contribution in [-0.4, -0.2) is 78.8 Å². The lowest BCUT2D eigenvalue weighted by atomic mass is 10.1. The third-order valence-corrected chi connectivity index (χ3v) is 6.45. The van der Waals surface area contributed by atoms with Gasteiger partial charge in [0.05, 0.1) is 50.5 Å². The summed E-state index contributed by atoms with van der Waals surface area (Å²) in [5.74, 6) is -0.0232. The number of nitrogens with one attached hydrogen (secondary N) is 1. The number of morpholine rings is 1. The van der Waals surface area contributed by atoms with Gasteiger partial charge in [0.2, 0.25) is 10.0 Å². The lowest BCUT2D eigenvalue weighted by Gasteiger charge is -2.29. The van der Waals surface area contributed by atoms with Crippen LogP contribution >= 0.6 is 0 Å². The summed E-state index contributed by atoms with van der Waals surface area (Å²) in [7, 11) is -0.983. The number of nitrogens with zero attached hydrogens (tertiary/aromatic N) is 4. The number of carbonyl (C=O) groups excluding carboxylic acids is 1. The molecule has 14 heteroatoms. The van der Waals surface area contributed by atoms with Crippen LogP contribution in [0.1, 0.15) is 5.56 Å². The number of hydrogen-bond donors (Lipinski definition) is 1. The average Bonchev–Trinajstić information content (AvgIpc) is 2.86. The van der Waals surface area contributed by atoms with Crippen molar-refractivity contribution < 1.29 is 32.3 Å². The normalized spacial score (nSPS) is 13.9. The van der Waals surface area contributed by atoms with Crippen molar-refractivity contribution in [3.63, 3.8) is 0 Å². The summed E-state index contributed by atoms with van der Waals surface area (Å²) in [6, 6.07) is 8.82. The van der Waals surface area contributed by atoms with Crippen molar-refractivity contribution in [1.29, 1.82) is 0 Å². The van der Waals surface area contributed by atoms with E-state index in [9.17, 15) is 23.3 Å². The van der Waals surface area contributed by atoms with E-state index in [-0.39, 0.29) is 11.4 Å². The molecule has 3 rings (SSSR count). The number of ether oxygens (including phenoxy) is 3. The number of benzene rings is 2. The second kappa shape index (κ2) is 11.7. The molecule has 1 N–H and O–H groups in total. The van der Waals surface area contributed by atoms with Gasteiger partial charge in [-0.05, 0) is 18.2 Å². The van der Waals surface area contributed by atoms with E-state index in [1.807, 2.05) is 4.90 Å². The first-order valence-corrected chi connectivity index (χ1v) is 12.6. The molecule has 0 saturated carbocycles. The Morgan fingerprint density at radius 1 is 1.19 bits per heavy atom. The first-order valence-electron chi connectivity index (χ1n) is 10.8. The van der Waals surface area contributed by atoms with Crippen molar-refractivity contribution in [2.24, 2.45) is 5.10 Å². The van der Waals surface area contributed by atoms with Crippen LogP contribution in [0.3, 0.4) is 0 Å². The molecule has 2 aromatic rings. The number of hydrazone groups is 1. The van der Waals surface area contributed by atoms with Crippen LogP contribution in [-0.2, 0) is 19.6 Å². The fourth-order valence-corrected chi connectivity index (χ4v) is 4.42. The van der Waals surface area contributed by atoms with E-state index in [0.29, 0.717) is 49.1 Å². The number of nitro groups is 1. The number of hydrogen-bond acceptors (Lipinski definition) is 10. The minimum atomic E-state index is -3.84. The fourth-order valence-electron chi connectivity index (χ4n) is 3.57. The van der Waals surface area contributed by atoms with Crippen molar-refractivity contribution in [3.8, 4) is 11.5 Å². The molecule has 0 bridgehead atoms. The van der Waals surface area contributed by atoms with Gasteiger partial charge in [0.15, 0.2) is 11.5 Å². The van der Waals surface area contributed by atoms with Gasteiger partial charge in [-0.15, -0.1) is 0 Å². The van der Waals surface area contributed by atoms with E-state index in [1.54, 1.807) is 6.07 Å². The quantitative estimate of drug-likeness (QED) is 0.277. The predicted octanol–water partition coefficient (Wildman–Crippen LogP) is 1.36. The van der Waals surface area contributed by atoms with Gasteiger partial charge in [0.1, 0.15) is 6.54 Å². The molecule has 0 spiro atoms. The summed E-state index contributed by atoms with van der Waals surface area (Å²) in [6.07, 6.45) is 2.26. The lowest BCUT2D eigenvalue weighted by Crippen LogP contribution is -2.39. The van der Waals surface area contributed by atoms with Gasteiger partial charge in [-0.2, -0.15) is 5.10 Å². The maximum Gasteiger partial charge on any atom is 0.270 e. The van der Waals surface area contributed by atoms with E-state index in [2.05, 4.69) is 10.5 Å². The van der Waals surface area contributed by atoms with Crippen LogP contribution in [0.4, 0.5) is 17.1 Å². The summed E-state index contributed by atoms with van der Waals surface area (Å²) in [5.41, 5.74) is 3.48. The molecular weight excluding hydrogens is 494 g/mol. The SMILES string of the molecule is COc1ccc(N(CC(=O)N/N=C\c2cc([N+](=O)[O-])ccc2N2CCOCC2)S(C)(=O)=O)cc1OC. The van der Waals surface area contributed by atoms with Gasteiger partial charge in [-0.25, -0.2) is 13.8 Å². The third-order valence-electron chi connectivity index (χ3n) is 5.31. The Hall–Kier alpha value is -3.91. The topological polar surface area (TPSA) is 153 Å². The fraction of sp³-hybridized carbons (Fsp3) is 0.364. The molecule has 0 unspecified atom stereocenters. The van der Waals surface area contributed by atoms with Gasteiger partial charge in [0, 0.05) is 42.5 Å². The highest BCUT2D eigenvalue weighted by Crippen LogP contribution is 2.32. The molecule has 0 atom stereocenters. The van der Waals surface area contributed by atoms with E-state index < -0.39 is 27.4 Å². The molecule has 0 aromatic heterocycles. The van der Waals surface area contributed by atoms with Crippen LogP contribution in [0.15, 0.2) is 41.5 Å². The van der Waals surface area contributed by atoms with Crippen molar-refractivity contribution >= 4 is 39.2 Å². The number of sulfonamides is 1. The second-order valence-corrected chi connectivity index (χ2v) is 9.61. The Kier molecular flexibility index (Phi) is 8.66. The van der Waals surface area contributed by atoms with E-state index in [1.165, 1.54) is 50.8 Å². The van der Waals surface area contributed by atoms with Gasteiger partial charge in [-0.3, -0.25) is 19.2 Å². The molecular formula is C22H27N5O8S. The van der Waals surface area contributed by atoms with Gasteiger partial charge < -0.3 is 19.1 Å². The molecule has 1 fully saturated rings. The average molecular weight is 522 g/mol. The van der Waals surface area contributed by atoms with Crippen molar-refractivity contribution in [1.82, 2.24) is 5.43 Å². The largest absolute Gasteiger partial charge is 0.493 e. The van der Waals surface area contributed by atoms with Gasteiger partial charge in [0.25, 0.3) is 11.6 Å². The summed E-state index contributed by atoms with van der Waals surface area (Å²) in [5, 5.41) is 15.2. The van der Waals surface area contributed by atoms with E-state index >= 15 is 0 Å². The highest BCUT2D eigenvalue weighted by Gasteiger charge is 2.22. The van der Waals surface area contributed by atoms with Crippen molar-refractivity contribution in [2.45, 2.75) is 0 Å². The Morgan fingerprint density at radius 2 is 1.89 bits per heavy atom. The zero-order valence-electron chi connectivity index (χ0n) is 20.0. The summed E-state index contributed by atoms with van der Waals surface area (Å²) < 4.78 is 41.4. The molecule has 2 aromatic carbocycles. The van der Waals surface area contributed by atoms with Crippen LogP contribution < -0.4 is 24.1 Å². The number of anilines is 2. The maximum absolute atomic E-state index is 12.6. The third kappa shape index (κ3) is 6.60. The minimum absolute atomic E-state index is 0.128. The molecule has 0 aliphatic carbocycles. The molecule has 36 heavy (non-hydrogen) atoms. The molecule has 1 aliphatic heterocycles. The van der Waals surface area contributed by atoms with E-state index in [0.717, 1.165) is 10.6 Å². The Morgan fingerprint density at radius 3 is 2.50 bits per heavy atom. The van der Waals surface area contributed by atoms with E-state index in [4.69, 9.17) is 14.2 Å². The number of rotatable bonds is 10. The number of amides is 1. The molecule has 1 aliphatic rings. The maximum atomic E-state index is 12.6. The van der Waals surface area contributed by atoms with Crippen molar-refractivity contribution in [3.05, 3.63) is 52.1 Å². The minimum Gasteiger partial charge on any atom is -0.493 e. The summed E-state index contributed by atoms with van der Waals surface area (Å²) in [6.45, 7) is 1.67. The zero-order valence-corrected chi connectivity index (χ0v) is 20.9. The number of non-ortho nitro benzene ring substituents is 1. The Balaban J connectivity index is 1.79. The first kappa shape index (κ1) is 26.7. The number of carbonyl (C=O) groups is 1. The zero-order chi connectivity index (χ0) is 26.3. The smallest absolute Gasteiger partial charge is 0.270 e. The van der Waals surface area contributed by atoms with Gasteiger partial charge >= 0.3 is 0 Å². The molecule has 1 saturated heterocycles.